The highest BCUT2D eigenvalue weighted by molar-refractivity contribution is 5.36. The lowest BCUT2D eigenvalue weighted by molar-refractivity contribution is -0.0294. The van der Waals surface area contributed by atoms with E-state index < -0.39 is 5.60 Å². The summed E-state index contributed by atoms with van der Waals surface area (Å²) in [6.07, 6.45) is 5.76. The van der Waals surface area contributed by atoms with E-state index in [1.54, 1.807) is 0 Å². The van der Waals surface area contributed by atoms with Crippen molar-refractivity contribution < 1.29 is 4.74 Å². The van der Waals surface area contributed by atoms with E-state index in [1.807, 2.05) is 12.2 Å². The first-order chi connectivity index (χ1) is 12.8. The fraction of sp³-hybridized carbons (Fsp3) is 0.333. The van der Waals surface area contributed by atoms with Crippen molar-refractivity contribution in [1.29, 1.82) is 0 Å². The van der Waals surface area contributed by atoms with Crippen LogP contribution in [-0.4, -0.2) is 31.1 Å². The van der Waals surface area contributed by atoms with Crippen LogP contribution in [0.5, 0.6) is 0 Å². The molecule has 2 rings (SSSR count). The molecule has 0 saturated heterocycles. The quantitative estimate of drug-likeness (QED) is 0.474. The van der Waals surface area contributed by atoms with E-state index in [2.05, 4.69) is 85.6 Å². The van der Waals surface area contributed by atoms with Gasteiger partial charge in [0.1, 0.15) is 5.60 Å². The summed E-state index contributed by atoms with van der Waals surface area (Å²) < 4.78 is 6.58. The maximum atomic E-state index is 6.58. The summed E-state index contributed by atoms with van der Waals surface area (Å²) in [5.74, 6) is 0. The van der Waals surface area contributed by atoms with Gasteiger partial charge in [-0.25, -0.2) is 0 Å². The minimum Gasteiger partial charge on any atom is -0.366 e. The Hall–Kier alpha value is -2.16. The number of hydrogen-bond donors (Lipinski definition) is 0. The summed E-state index contributed by atoms with van der Waals surface area (Å²) in [7, 11) is 0. The summed E-state index contributed by atoms with van der Waals surface area (Å²) in [4.78, 5) is 2.34. The molecule has 0 amide bonds. The van der Waals surface area contributed by atoms with Crippen LogP contribution < -0.4 is 0 Å². The third-order valence-electron chi connectivity index (χ3n) is 4.59. The van der Waals surface area contributed by atoms with Crippen LogP contribution in [0.15, 0.2) is 86.0 Å². The molecule has 0 saturated carbocycles. The second kappa shape index (κ2) is 10.7. The van der Waals surface area contributed by atoms with Gasteiger partial charge in [-0.15, -0.1) is 13.2 Å². The predicted molar refractivity (Wildman–Crippen MR) is 111 cm³/mol. The number of ether oxygens (including phenoxy) is 1. The molecule has 0 bridgehead atoms. The lowest BCUT2D eigenvalue weighted by atomic mass is 9.83. The molecule has 2 aromatic carbocycles. The monoisotopic (exact) mass is 349 g/mol. The van der Waals surface area contributed by atoms with Crippen molar-refractivity contribution in [2.24, 2.45) is 0 Å². The van der Waals surface area contributed by atoms with Gasteiger partial charge >= 0.3 is 0 Å². The van der Waals surface area contributed by atoms with Gasteiger partial charge in [-0.2, -0.15) is 0 Å². The normalized spacial score (nSPS) is 11.5. The van der Waals surface area contributed by atoms with Crippen LogP contribution in [0.3, 0.4) is 0 Å². The zero-order chi connectivity index (χ0) is 18.7. The zero-order valence-corrected chi connectivity index (χ0v) is 15.9. The molecule has 0 spiro atoms. The highest BCUT2D eigenvalue weighted by Gasteiger charge is 2.35. The van der Waals surface area contributed by atoms with Crippen molar-refractivity contribution in [3.8, 4) is 0 Å². The molecule has 2 aromatic rings. The molecule has 0 aliphatic heterocycles. The van der Waals surface area contributed by atoms with Crippen molar-refractivity contribution >= 4 is 0 Å². The molecule has 0 aliphatic rings. The maximum absolute atomic E-state index is 6.58. The first kappa shape index (κ1) is 20.2. The van der Waals surface area contributed by atoms with Gasteiger partial charge in [0.15, 0.2) is 0 Å². The van der Waals surface area contributed by atoms with E-state index in [-0.39, 0.29) is 0 Å². The lowest BCUT2D eigenvalue weighted by Crippen LogP contribution is -2.37. The van der Waals surface area contributed by atoms with Gasteiger partial charge in [0.25, 0.3) is 0 Å². The molecule has 0 unspecified atom stereocenters. The summed E-state index contributed by atoms with van der Waals surface area (Å²) in [5, 5.41) is 0. The van der Waals surface area contributed by atoms with Crippen LogP contribution in [0.25, 0.3) is 0 Å². The predicted octanol–water partition coefficient (Wildman–Crippen LogP) is 5.42. The van der Waals surface area contributed by atoms with E-state index in [9.17, 15) is 0 Å². The molecule has 2 nitrogen and oxygen atoms in total. The minimum atomic E-state index is -0.445. The fourth-order valence-electron chi connectivity index (χ4n) is 3.32. The zero-order valence-electron chi connectivity index (χ0n) is 15.9. The smallest absolute Gasteiger partial charge is 0.119 e. The second-order valence-electron chi connectivity index (χ2n) is 6.49. The molecular weight excluding hydrogens is 318 g/mol. The standard InChI is InChI=1S/C24H31NO/c1-4-18-25(19-5-2)20-17-24(26-21-6-3,22-13-9-7-10-14-22)23-15-11-8-12-16-23/h4-5,7-16H,1-2,6,17-21H2,3H3. The molecule has 26 heavy (non-hydrogen) atoms. The maximum Gasteiger partial charge on any atom is 0.119 e. The molecular formula is C24H31NO. The molecule has 0 radical (unpaired) electrons. The van der Waals surface area contributed by atoms with E-state index in [0.717, 1.165) is 39.1 Å². The Morgan fingerprint density at radius 1 is 0.885 bits per heavy atom. The Morgan fingerprint density at radius 2 is 1.38 bits per heavy atom. The molecule has 2 heteroatoms. The summed E-state index contributed by atoms with van der Waals surface area (Å²) >= 11 is 0. The van der Waals surface area contributed by atoms with Crippen LogP contribution in [0.2, 0.25) is 0 Å². The van der Waals surface area contributed by atoms with Crippen LogP contribution in [-0.2, 0) is 10.3 Å². The van der Waals surface area contributed by atoms with Crippen molar-refractivity contribution in [1.82, 2.24) is 4.90 Å². The van der Waals surface area contributed by atoms with Crippen LogP contribution in [0.1, 0.15) is 30.9 Å². The SMILES string of the molecule is C=CCN(CC=C)CCC(OCCC)(c1ccccc1)c1ccccc1. The van der Waals surface area contributed by atoms with E-state index in [0.29, 0.717) is 0 Å². The van der Waals surface area contributed by atoms with Crippen LogP contribution in [0.4, 0.5) is 0 Å². The first-order valence-electron chi connectivity index (χ1n) is 9.46. The molecule has 0 atom stereocenters. The average Bonchev–Trinajstić information content (AvgIpc) is 2.70. The number of hydrogen-bond acceptors (Lipinski definition) is 2. The Balaban J connectivity index is 2.41. The van der Waals surface area contributed by atoms with Gasteiger partial charge < -0.3 is 4.74 Å². The topological polar surface area (TPSA) is 12.5 Å². The van der Waals surface area contributed by atoms with Crippen molar-refractivity contribution in [3.05, 3.63) is 97.1 Å². The summed E-state index contributed by atoms with van der Waals surface area (Å²) in [6, 6.07) is 21.2. The Labute approximate surface area is 158 Å². The van der Waals surface area contributed by atoms with Crippen LogP contribution in [0, 0.1) is 0 Å². The van der Waals surface area contributed by atoms with E-state index in [4.69, 9.17) is 4.74 Å². The van der Waals surface area contributed by atoms with E-state index in [1.165, 1.54) is 11.1 Å². The third-order valence-corrected chi connectivity index (χ3v) is 4.59. The third kappa shape index (κ3) is 5.17. The van der Waals surface area contributed by atoms with Crippen molar-refractivity contribution in [3.63, 3.8) is 0 Å². The molecule has 0 fully saturated rings. The van der Waals surface area contributed by atoms with Crippen molar-refractivity contribution in [2.45, 2.75) is 25.4 Å². The minimum absolute atomic E-state index is 0.445. The van der Waals surface area contributed by atoms with E-state index >= 15 is 0 Å². The Bertz CT molecular complexity index is 601. The van der Waals surface area contributed by atoms with Gasteiger partial charge in [0.2, 0.25) is 0 Å². The summed E-state index contributed by atoms with van der Waals surface area (Å²) in [6.45, 7) is 13.3. The van der Waals surface area contributed by atoms with Gasteiger partial charge in [-0.05, 0) is 24.0 Å². The highest BCUT2D eigenvalue weighted by atomic mass is 16.5. The van der Waals surface area contributed by atoms with Gasteiger partial charge in [0, 0.05) is 26.2 Å². The number of rotatable bonds is 12. The highest BCUT2D eigenvalue weighted by Crippen LogP contribution is 2.37. The first-order valence-corrected chi connectivity index (χ1v) is 9.46. The average molecular weight is 350 g/mol. The molecule has 138 valence electrons. The molecule has 0 heterocycles. The Kier molecular flexibility index (Phi) is 8.33. The van der Waals surface area contributed by atoms with Crippen LogP contribution >= 0.6 is 0 Å². The fourth-order valence-corrected chi connectivity index (χ4v) is 3.32. The van der Waals surface area contributed by atoms with Gasteiger partial charge in [0.05, 0.1) is 0 Å². The second-order valence-corrected chi connectivity index (χ2v) is 6.49. The molecule has 0 N–H and O–H groups in total. The molecule has 0 aliphatic carbocycles. The number of nitrogens with zero attached hydrogens (tertiary/aromatic N) is 1. The lowest BCUT2D eigenvalue weighted by Gasteiger charge is -2.37. The van der Waals surface area contributed by atoms with Gasteiger partial charge in [-0.3, -0.25) is 4.90 Å². The van der Waals surface area contributed by atoms with Crippen molar-refractivity contribution in [2.75, 3.05) is 26.2 Å². The van der Waals surface area contributed by atoms with Gasteiger partial charge in [-0.1, -0.05) is 79.7 Å². The Morgan fingerprint density at radius 3 is 1.81 bits per heavy atom. The molecule has 0 aromatic heterocycles. The number of benzene rings is 2. The summed E-state index contributed by atoms with van der Waals surface area (Å²) in [5.41, 5.74) is 1.97. The largest absolute Gasteiger partial charge is 0.366 e.